The van der Waals surface area contributed by atoms with E-state index in [1.165, 1.54) is 0 Å². The van der Waals surface area contributed by atoms with Crippen LogP contribution in [0.25, 0.3) is 0 Å². The SMILES string of the molecule is O=C(O)C=C(OCC(O)CO)C(=O)O. The van der Waals surface area contributed by atoms with Crippen LogP contribution >= 0.6 is 0 Å². The fourth-order valence-corrected chi connectivity index (χ4v) is 0.516. The number of carbonyl (C=O) groups is 2. The first-order valence-electron chi connectivity index (χ1n) is 3.57. The van der Waals surface area contributed by atoms with Crippen LogP contribution in [0, 0.1) is 0 Å². The minimum Gasteiger partial charge on any atom is -0.484 e. The molecule has 0 aromatic rings. The number of carboxylic acids is 2. The second kappa shape index (κ2) is 5.95. The number of hydrogen-bond donors (Lipinski definition) is 4. The number of aliphatic hydroxyl groups is 2. The standard InChI is InChI=1S/C7H10O7/c8-2-4(9)3-14-5(7(12)13)1-6(10)11/h1,4,8-9H,2-3H2,(H,10,11)(H,12,13). The molecule has 0 aliphatic carbocycles. The topological polar surface area (TPSA) is 124 Å². The van der Waals surface area contributed by atoms with Crippen LogP contribution in [0.3, 0.4) is 0 Å². The van der Waals surface area contributed by atoms with Crippen molar-refractivity contribution in [2.24, 2.45) is 0 Å². The van der Waals surface area contributed by atoms with Gasteiger partial charge in [-0.05, 0) is 0 Å². The summed E-state index contributed by atoms with van der Waals surface area (Å²) in [6.07, 6.45) is -0.890. The molecule has 80 valence electrons. The van der Waals surface area contributed by atoms with E-state index < -0.39 is 37.0 Å². The van der Waals surface area contributed by atoms with E-state index in [1.54, 1.807) is 0 Å². The van der Waals surface area contributed by atoms with Crippen LogP contribution in [-0.2, 0) is 14.3 Å². The van der Waals surface area contributed by atoms with Gasteiger partial charge in [0, 0.05) is 0 Å². The molecule has 0 spiro atoms. The third-order valence-electron chi connectivity index (χ3n) is 1.11. The average Bonchev–Trinajstić information content (AvgIpc) is 2.10. The molecule has 0 saturated heterocycles. The lowest BCUT2D eigenvalue weighted by molar-refractivity contribution is -0.139. The van der Waals surface area contributed by atoms with Gasteiger partial charge in [0.05, 0.1) is 12.7 Å². The largest absolute Gasteiger partial charge is 0.484 e. The van der Waals surface area contributed by atoms with Crippen LogP contribution in [0.1, 0.15) is 0 Å². The summed E-state index contributed by atoms with van der Waals surface area (Å²) >= 11 is 0. The van der Waals surface area contributed by atoms with Crippen LogP contribution in [-0.4, -0.2) is 51.7 Å². The van der Waals surface area contributed by atoms with Crippen molar-refractivity contribution in [3.63, 3.8) is 0 Å². The molecular weight excluding hydrogens is 196 g/mol. The summed E-state index contributed by atoms with van der Waals surface area (Å²) in [5.41, 5.74) is 0. The van der Waals surface area contributed by atoms with Crippen LogP contribution in [0.5, 0.6) is 0 Å². The van der Waals surface area contributed by atoms with E-state index in [9.17, 15) is 9.59 Å². The van der Waals surface area contributed by atoms with Crippen molar-refractivity contribution in [3.05, 3.63) is 11.8 Å². The minimum atomic E-state index is -1.56. The zero-order valence-electron chi connectivity index (χ0n) is 7.08. The molecule has 0 aliphatic heterocycles. The molecule has 0 saturated carbocycles. The molecule has 7 nitrogen and oxygen atoms in total. The molecule has 0 heterocycles. The number of ether oxygens (including phenoxy) is 1. The first-order valence-corrected chi connectivity index (χ1v) is 3.57. The third kappa shape index (κ3) is 5.12. The maximum atomic E-state index is 10.3. The predicted molar refractivity (Wildman–Crippen MR) is 42.4 cm³/mol. The van der Waals surface area contributed by atoms with Crippen molar-refractivity contribution in [1.82, 2.24) is 0 Å². The van der Waals surface area contributed by atoms with Crippen LogP contribution in [0.15, 0.2) is 11.8 Å². The predicted octanol–water partition coefficient (Wildman–Crippen LogP) is -1.59. The monoisotopic (exact) mass is 206 g/mol. The molecule has 0 bridgehead atoms. The van der Waals surface area contributed by atoms with Gasteiger partial charge in [-0.2, -0.15) is 0 Å². The van der Waals surface area contributed by atoms with Gasteiger partial charge >= 0.3 is 11.9 Å². The Morgan fingerprint density at radius 2 is 1.93 bits per heavy atom. The molecular formula is C7H10O7. The lowest BCUT2D eigenvalue weighted by atomic mass is 10.4. The molecule has 0 aromatic heterocycles. The Kier molecular flexibility index (Phi) is 5.27. The lowest BCUT2D eigenvalue weighted by Crippen LogP contribution is -2.21. The van der Waals surface area contributed by atoms with Crippen molar-refractivity contribution in [2.45, 2.75) is 6.10 Å². The van der Waals surface area contributed by atoms with Gasteiger partial charge in [-0.1, -0.05) is 0 Å². The van der Waals surface area contributed by atoms with Gasteiger partial charge in [0.25, 0.3) is 0 Å². The molecule has 14 heavy (non-hydrogen) atoms. The maximum Gasteiger partial charge on any atom is 0.371 e. The van der Waals surface area contributed by atoms with Gasteiger partial charge in [0.15, 0.2) is 0 Å². The highest BCUT2D eigenvalue weighted by Crippen LogP contribution is 1.99. The summed E-state index contributed by atoms with van der Waals surface area (Å²) in [5.74, 6) is -3.83. The first-order chi connectivity index (χ1) is 6.47. The molecule has 0 fully saturated rings. The van der Waals surface area contributed by atoms with Crippen LogP contribution < -0.4 is 0 Å². The Morgan fingerprint density at radius 3 is 2.29 bits per heavy atom. The van der Waals surface area contributed by atoms with Crippen LogP contribution in [0.4, 0.5) is 0 Å². The van der Waals surface area contributed by atoms with Gasteiger partial charge in [0.1, 0.15) is 12.7 Å². The van der Waals surface area contributed by atoms with Crippen molar-refractivity contribution in [3.8, 4) is 0 Å². The summed E-state index contributed by atoms with van der Waals surface area (Å²) in [7, 11) is 0. The summed E-state index contributed by atoms with van der Waals surface area (Å²) in [5, 5.41) is 33.8. The number of aliphatic carboxylic acids is 2. The fraction of sp³-hybridized carbons (Fsp3) is 0.429. The maximum absolute atomic E-state index is 10.3. The Balaban J connectivity index is 4.26. The van der Waals surface area contributed by atoms with Crippen molar-refractivity contribution >= 4 is 11.9 Å². The molecule has 0 aromatic carbocycles. The molecule has 0 aliphatic rings. The van der Waals surface area contributed by atoms with Crippen molar-refractivity contribution < 1.29 is 34.8 Å². The Hall–Kier alpha value is -1.60. The molecule has 4 N–H and O–H groups in total. The number of carboxylic acid groups (broad SMARTS) is 2. The van der Waals surface area contributed by atoms with Gasteiger partial charge < -0.3 is 25.2 Å². The minimum absolute atomic E-state index is 0.354. The molecule has 0 amide bonds. The van der Waals surface area contributed by atoms with E-state index >= 15 is 0 Å². The number of rotatable bonds is 6. The highest BCUT2D eigenvalue weighted by atomic mass is 16.5. The van der Waals surface area contributed by atoms with E-state index in [4.69, 9.17) is 20.4 Å². The lowest BCUT2D eigenvalue weighted by Gasteiger charge is -2.09. The Labute approximate surface area is 78.9 Å². The second-order valence-corrected chi connectivity index (χ2v) is 2.30. The molecule has 1 atom stereocenters. The zero-order valence-corrected chi connectivity index (χ0v) is 7.08. The van der Waals surface area contributed by atoms with E-state index in [0.29, 0.717) is 6.08 Å². The van der Waals surface area contributed by atoms with E-state index in [2.05, 4.69) is 4.74 Å². The van der Waals surface area contributed by atoms with Crippen molar-refractivity contribution in [1.29, 1.82) is 0 Å². The second-order valence-electron chi connectivity index (χ2n) is 2.30. The average molecular weight is 206 g/mol. The summed E-state index contributed by atoms with van der Waals surface area (Å²) in [4.78, 5) is 20.4. The Bertz CT molecular complexity index is 244. The van der Waals surface area contributed by atoms with Crippen LogP contribution in [0.2, 0.25) is 0 Å². The van der Waals surface area contributed by atoms with E-state index in [1.807, 2.05) is 0 Å². The zero-order chi connectivity index (χ0) is 11.1. The fourth-order valence-electron chi connectivity index (χ4n) is 0.516. The summed E-state index contributed by atoms with van der Waals surface area (Å²) in [6.45, 7) is -1.08. The van der Waals surface area contributed by atoms with Gasteiger partial charge in [-0.25, -0.2) is 9.59 Å². The summed E-state index contributed by atoms with van der Waals surface area (Å²) < 4.78 is 4.44. The smallest absolute Gasteiger partial charge is 0.371 e. The summed E-state index contributed by atoms with van der Waals surface area (Å²) in [6, 6.07) is 0. The molecule has 0 radical (unpaired) electrons. The number of aliphatic hydroxyl groups excluding tert-OH is 2. The van der Waals surface area contributed by atoms with Gasteiger partial charge in [-0.15, -0.1) is 0 Å². The molecule has 0 rings (SSSR count). The normalized spacial score (nSPS) is 13.4. The quantitative estimate of drug-likeness (QED) is 0.305. The highest BCUT2D eigenvalue weighted by molar-refractivity contribution is 5.92. The number of hydrogen-bond acceptors (Lipinski definition) is 5. The molecule has 7 heteroatoms. The van der Waals surface area contributed by atoms with Gasteiger partial charge in [-0.3, -0.25) is 0 Å². The van der Waals surface area contributed by atoms with E-state index in [0.717, 1.165) is 0 Å². The third-order valence-corrected chi connectivity index (χ3v) is 1.11. The van der Waals surface area contributed by atoms with E-state index in [-0.39, 0.29) is 0 Å². The Morgan fingerprint density at radius 1 is 1.36 bits per heavy atom. The highest BCUT2D eigenvalue weighted by Gasteiger charge is 2.13. The first kappa shape index (κ1) is 12.4. The van der Waals surface area contributed by atoms with Crippen molar-refractivity contribution in [2.75, 3.05) is 13.2 Å². The van der Waals surface area contributed by atoms with Gasteiger partial charge in [0.2, 0.25) is 5.76 Å². The molecule has 1 unspecified atom stereocenters.